The smallest absolute Gasteiger partial charge is 0.271 e. The van der Waals surface area contributed by atoms with E-state index in [-0.39, 0.29) is 11.6 Å². The van der Waals surface area contributed by atoms with Gasteiger partial charge >= 0.3 is 0 Å². The zero-order valence-corrected chi connectivity index (χ0v) is 13.0. The Morgan fingerprint density at radius 1 is 1.45 bits per heavy atom. The topological polar surface area (TPSA) is 63.2 Å². The summed E-state index contributed by atoms with van der Waals surface area (Å²) < 4.78 is 5.39. The first-order valence-electron chi connectivity index (χ1n) is 6.81. The third-order valence-corrected chi connectivity index (χ3v) is 2.71. The third kappa shape index (κ3) is 5.75. The number of nitrogens with zero attached hydrogens (tertiary/aromatic N) is 1. The van der Waals surface area contributed by atoms with Gasteiger partial charge in [0.2, 0.25) is 0 Å². The molecule has 0 aliphatic rings. The molecule has 5 nitrogen and oxygen atoms in total. The molecule has 0 aliphatic carbocycles. The van der Waals surface area contributed by atoms with Crippen LogP contribution in [0.4, 0.5) is 5.82 Å². The van der Waals surface area contributed by atoms with Crippen LogP contribution in [-0.4, -0.2) is 37.2 Å². The van der Waals surface area contributed by atoms with Crippen molar-refractivity contribution >= 4 is 23.3 Å². The summed E-state index contributed by atoms with van der Waals surface area (Å²) >= 11 is 5.99. The van der Waals surface area contributed by atoms with E-state index in [9.17, 15) is 4.79 Å². The number of carbonyl (C=O) groups excluding carboxylic acids is 1. The lowest BCUT2D eigenvalue weighted by Crippen LogP contribution is -2.28. The Bertz CT molecular complexity index is 438. The highest BCUT2D eigenvalue weighted by Gasteiger charge is 2.12. The van der Waals surface area contributed by atoms with Crippen molar-refractivity contribution in [1.29, 1.82) is 0 Å². The molecule has 1 heterocycles. The molecular formula is C14H22ClN3O2. The van der Waals surface area contributed by atoms with Gasteiger partial charge in [0, 0.05) is 19.7 Å². The van der Waals surface area contributed by atoms with Crippen LogP contribution >= 0.6 is 11.6 Å². The van der Waals surface area contributed by atoms with Crippen LogP contribution in [0.15, 0.2) is 12.1 Å². The van der Waals surface area contributed by atoms with Gasteiger partial charge in [-0.1, -0.05) is 25.4 Å². The molecule has 0 saturated carbocycles. The van der Waals surface area contributed by atoms with Gasteiger partial charge in [-0.25, -0.2) is 4.98 Å². The molecule has 0 radical (unpaired) electrons. The first-order chi connectivity index (χ1) is 9.54. The van der Waals surface area contributed by atoms with Crippen molar-refractivity contribution in [3.05, 3.63) is 22.8 Å². The van der Waals surface area contributed by atoms with Crippen LogP contribution in [0.2, 0.25) is 5.02 Å². The molecule has 0 fully saturated rings. The largest absolute Gasteiger partial charge is 0.379 e. The highest BCUT2D eigenvalue weighted by molar-refractivity contribution is 6.33. The molecular weight excluding hydrogens is 278 g/mol. The first-order valence-corrected chi connectivity index (χ1v) is 7.18. The number of nitrogens with one attached hydrogen (secondary N) is 2. The summed E-state index contributed by atoms with van der Waals surface area (Å²) in [6, 6.07) is 3.41. The van der Waals surface area contributed by atoms with E-state index in [1.54, 1.807) is 12.1 Å². The second kappa shape index (κ2) is 8.76. The van der Waals surface area contributed by atoms with Gasteiger partial charge in [-0.15, -0.1) is 0 Å². The predicted octanol–water partition coefficient (Wildman–Crippen LogP) is 2.57. The number of amides is 1. The molecule has 0 aromatic carbocycles. The monoisotopic (exact) mass is 299 g/mol. The Balaban J connectivity index is 2.48. The van der Waals surface area contributed by atoms with Gasteiger partial charge in [-0.05, 0) is 25.0 Å². The predicted molar refractivity (Wildman–Crippen MR) is 81.4 cm³/mol. The molecule has 0 bridgehead atoms. The lowest BCUT2D eigenvalue weighted by atomic mass is 10.2. The third-order valence-electron chi connectivity index (χ3n) is 2.40. The van der Waals surface area contributed by atoms with Crippen LogP contribution in [0.25, 0.3) is 0 Å². The Hall–Kier alpha value is -1.33. The van der Waals surface area contributed by atoms with Crippen LogP contribution in [0, 0.1) is 5.92 Å². The van der Waals surface area contributed by atoms with E-state index in [0.717, 1.165) is 6.54 Å². The Kier molecular flexibility index (Phi) is 7.33. The van der Waals surface area contributed by atoms with Crippen LogP contribution in [-0.2, 0) is 4.74 Å². The second-order valence-electron chi connectivity index (χ2n) is 4.78. The molecule has 1 rings (SSSR count). The quantitative estimate of drug-likeness (QED) is 0.724. The average molecular weight is 300 g/mol. The minimum atomic E-state index is -0.289. The van der Waals surface area contributed by atoms with Gasteiger partial charge in [0.05, 0.1) is 11.6 Å². The molecule has 2 N–H and O–H groups in total. The molecule has 20 heavy (non-hydrogen) atoms. The van der Waals surface area contributed by atoms with Gasteiger partial charge in [0.1, 0.15) is 11.5 Å². The van der Waals surface area contributed by atoms with Gasteiger partial charge < -0.3 is 15.4 Å². The second-order valence-corrected chi connectivity index (χ2v) is 5.19. The van der Waals surface area contributed by atoms with Crippen molar-refractivity contribution in [3.63, 3.8) is 0 Å². The van der Waals surface area contributed by atoms with Crippen molar-refractivity contribution < 1.29 is 9.53 Å². The molecule has 1 aromatic rings. The van der Waals surface area contributed by atoms with Crippen LogP contribution in [0.3, 0.4) is 0 Å². The maximum absolute atomic E-state index is 12.0. The number of halogens is 1. The summed E-state index contributed by atoms with van der Waals surface area (Å²) in [6.45, 7) is 8.46. The van der Waals surface area contributed by atoms with E-state index >= 15 is 0 Å². The molecule has 0 aliphatic heterocycles. The summed E-state index contributed by atoms with van der Waals surface area (Å²) in [7, 11) is 0. The summed E-state index contributed by atoms with van der Waals surface area (Å²) in [5, 5.41) is 6.13. The van der Waals surface area contributed by atoms with Gasteiger partial charge in [-0.3, -0.25) is 4.79 Å². The maximum Gasteiger partial charge on any atom is 0.271 e. The molecule has 0 saturated heterocycles. The fourth-order valence-corrected chi connectivity index (χ4v) is 1.71. The molecule has 6 heteroatoms. The van der Waals surface area contributed by atoms with E-state index in [2.05, 4.69) is 29.5 Å². The molecule has 112 valence electrons. The van der Waals surface area contributed by atoms with E-state index in [0.29, 0.717) is 36.5 Å². The molecule has 1 amide bonds. The number of hydrogen-bond donors (Lipinski definition) is 2. The molecule has 0 atom stereocenters. The first kappa shape index (κ1) is 16.7. The fraction of sp³-hybridized carbons (Fsp3) is 0.571. The summed E-state index contributed by atoms with van der Waals surface area (Å²) in [5.74, 6) is 0.833. The lowest BCUT2D eigenvalue weighted by molar-refractivity contribution is 0.0882. The Morgan fingerprint density at radius 2 is 2.20 bits per heavy atom. The minimum Gasteiger partial charge on any atom is -0.379 e. The van der Waals surface area contributed by atoms with Crippen molar-refractivity contribution in [2.24, 2.45) is 5.92 Å². The standard InChI is InChI=1S/C14H22ClN3O2/c1-4-16-12-6-5-11(15)13(18-12)14(19)17-7-8-20-9-10(2)3/h5-6,10H,4,7-9H2,1-3H3,(H,16,18)(H,17,19). The molecule has 0 unspecified atom stereocenters. The van der Waals surface area contributed by atoms with Gasteiger partial charge in [-0.2, -0.15) is 0 Å². The van der Waals surface area contributed by atoms with Gasteiger partial charge in [0.25, 0.3) is 5.91 Å². The summed E-state index contributed by atoms with van der Waals surface area (Å²) in [4.78, 5) is 16.2. The highest BCUT2D eigenvalue weighted by Crippen LogP contribution is 2.16. The zero-order valence-electron chi connectivity index (χ0n) is 12.2. The lowest BCUT2D eigenvalue weighted by Gasteiger charge is -2.09. The number of aromatic nitrogens is 1. The van der Waals surface area contributed by atoms with Crippen molar-refractivity contribution in [2.45, 2.75) is 20.8 Å². The summed E-state index contributed by atoms with van der Waals surface area (Å²) in [5.41, 5.74) is 0.231. The van der Waals surface area contributed by atoms with E-state index < -0.39 is 0 Å². The normalized spacial score (nSPS) is 10.7. The Labute approximate surface area is 125 Å². The number of ether oxygens (including phenoxy) is 1. The molecule has 1 aromatic heterocycles. The number of anilines is 1. The number of pyridine rings is 1. The number of carbonyl (C=O) groups is 1. The fourth-order valence-electron chi connectivity index (χ4n) is 1.52. The van der Waals surface area contributed by atoms with Gasteiger partial charge in [0.15, 0.2) is 0 Å². The number of rotatable bonds is 8. The van der Waals surface area contributed by atoms with Crippen molar-refractivity contribution in [3.8, 4) is 0 Å². The van der Waals surface area contributed by atoms with E-state index in [4.69, 9.17) is 16.3 Å². The maximum atomic E-state index is 12.0. The molecule has 0 spiro atoms. The summed E-state index contributed by atoms with van der Waals surface area (Å²) in [6.07, 6.45) is 0. The van der Waals surface area contributed by atoms with E-state index in [1.807, 2.05) is 6.92 Å². The Morgan fingerprint density at radius 3 is 2.85 bits per heavy atom. The van der Waals surface area contributed by atoms with E-state index in [1.165, 1.54) is 0 Å². The average Bonchev–Trinajstić information content (AvgIpc) is 2.40. The zero-order chi connectivity index (χ0) is 15.0. The number of hydrogen-bond acceptors (Lipinski definition) is 4. The SMILES string of the molecule is CCNc1ccc(Cl)c(C(=O)NCCOCC(C)C)n1. The minimum absolute atomic E-state index is 0.231. The van der Waals surface area contributed by atoms with Crippen molar-refractivity contribution in [1.82, 2.24) is 10.3 Å². The van der Waals surface area contributed by atoms with Crippen molar-refractivity contribution in [2.75, 3.05) is 31.6 Å². The highest BCUT2D eigenvalue weighted by atomic mass is 35.5. The van der Waals surface area contributed by atoms with Crippen LogP contribution in [0.1, 0.15) is 31.3 Å². The van der Waals surface area contributed by atoms with Crippen LogP contribution in [0.5, 0.6) is 0 Å². The van der Waals surface area contributed by atoms with Crippen LogP contribution < -0.4 is 10.6 Å².